The highest BCUT2D eigenvalue weighted by Gasteiger charge is 2.22. The van der Waals surface area contributed by atoms with Crippen molar-refractivity contribution in [3.05, 3.63) is 52.6 Å². The topological polar surface area (TPSA) is 75.3 Å². The fourth-order valence-corrected chi connectivity index (χ4v) is 4.16. The van der Waals surface area contributed by atoms with Gasteiger partial charge >= 0.3 is 0 Å². The van der Waals surface area contributed by atoms with Crippen LogP contribution in [0, 0.1) is 20.8 Å². The van der Waals surface area contributed by atoms with E-state index in [0.717, 1.165) is 16.7 Å². The first-order chi connectivity index (χ1) is 10.8. The average molecular weight is 330 g/mol. The molecule has 0 unspecified atom stereocenters. The highest BCUT2D eigenvalue weighted by Crippen LogP contribution is 2.29. The minimum Gasteiger partial charge on any atom is -0.326 e. The van der Waals surface area contributed by atoms with Crippen LogP contribution in [0.1, 0.15) is 22.3 Å². The van der Waals surface area contributed by atoms with E-state index in [1.807, 2.05) is 32.9 Å². The summed E-state index contributed by atoms with van der Waals surface area (Å²) in [6.45, 7) is 5.73. The van der Waals surface area contributed by atoms with Crippen LogP contribution in [0.2, 0.25) is 0 Å². The minimum absolute atomic E-state index is 0.118. The summed E-state index contributed by atoms with van der Waals surface area (Å²) in [7, 11) is -3.70. The maximum absolute atomic E-state index is 12.7. The van der Waals surface area contributed by atoms with Gasteiger partial charge in [-0.2, -0.15) is 0 Å². The van der Waals surface area contributed by atoms with Gasteiger partial charge in [-0.25, -0.2) is 8.42 Å². The molecule has 2 aromatic rings. The van der Waals surface area contributed by atoms with Crippen molar-refractivity contribution in [2.75, 3.05) is 10.0 Å². The molecule has 0 atom stereocenters. The van der Waals surface area contributed by atoms with E-state index in [4.69, 9.17) is 0 Å². The summed E-state index contributed by atoms with van der Waals surface area (Å²) < 4.78 is 28.0. The van der Waals surface area contributed by atoms with Crippen molar-refractivity contribution in [1.29, 1.82) is 0 Å². The molecule has 0 fully saturated rings. The number of nitrogens with one attached hydrogen (secondary N) is 2. The lowest BCUT2D eigenvalue weighted by Gasteiger charge is -2.14. The lowest BCUT2D eigenvalue weighted by Crippen LogP contribution is -2.15. The van der Waals surface area contributed by atoms with Crippen LogP contribution in [0.25, 0.3) is 0 Å². The zero-order valence-corrected chi connectivity index (χ0v) is 14.0. The Bertz CT molecular complexity index is 894. The average Bonchev–Trinajstić information content (AvgIpc) is 2.82. The summed E-state index contributed by atoms with van der Waals surface area (Å²) in [5.74, 6) is -0.118. The highest BCUT2D eigenvalue weighted by atomic mass is 32.2. The van der Waals surface area contributed by atoms with Gasteiger partial charge in [-0.3, -0.25) is 9.52 Å². The van der Waals surface area contributed by atoms with Crippen LogP contribution in [0.5, 0.6) is 0 Å². The van der Waals surface area contributed by atoms with E-state index in [-0.39, 0.29) is 17.2 Å². The number of amides is 1. The second-order valence-corrected chi connectivity index (χ2v) is 7.61. The lowest BCUT2D eigenvalue weighted by atomic mass is 10.1. The smallest absolute Gasteiger partial charge is 0.261 e. The van der Waals surface area contributed by atoms with Gasteiger partial charge in [-0.1, -0.05) is 17.7 Å². The predicted molar refractivity (Wildman–Crippen MR) is 90.2 cm³/mol. The zero-order chi connectivity index (χ0) is 16.8. The normalized spacial score (nSPS) is 13.6. The Labute approximate surface area is 135 Å². The maximum atomic E-state index is 12.7. The van der Waals surface area contributed by atoms with Crippen LogP contribution in [-0.4, -0.2) is 14.3 Å². The summed E-state index contributed by atoms with van der Waals surface area (Å²) in [4.78, 5) is 11.6. The molecule has 23 heavy (non-hydrogen) atoms. The first kappa shape index (κ1) is 15.6. The van der Waals surface area contributed by atoms with Gasteiger partial charge in [0.1, 0.15) is 0 Å². The molecule has 1 amide bonds. The number of carbonyl (C=O) groups excluding carboxylic acids is 1. The van der Waals surface area contributed by atoms with Gasteiger partial charge in [-0.05, 0) is 55.7 Å². The number of fused-ring (bicyclic) bond motifs is 1. The molecule has 120 valence electrons. The van der Waals surface area contributed by atoms with Gasteiger partial charge in [0.15, 0.2) is 0 Å². The summed E-state index contributed by atoms with van der Waals surface area (Å²) in [5.41, 5.74) is 4.83. The standard InChI is InChI=1S/C17H18N2O3S/c1-10-6-11(2)17(12(3)7-10)19-23(21,22)14-4-5-15-13(8-14)9-16(20)18-15/h4-8,19H,9H2,1-3H3,(H,18,20). The number of rotatable bonds is 3. The Kier molecular flexibility index (Phi) is 3.64. The van der Waals surface area contributed by atoms with Crippen molar-refractivity contribution in [3.63, 3.8) is 0 Å². The van der Waals surface area contributed by atoms with Gasteiger partial charge in [0.05, 0.1) is 17.0 Å². The highest BCUT2D eigenvalue weighted by molar-refractivity contribution is 7.92. The Morgan fingerprint density at radius 1 is 1.04 bits per heavy atom. The molecule has 0 aromatic heterocycles. The molecule has 0 radical (unpaired) electrons. The van der Waals surface area contributed by atoms with Crippen LogP contribution in [-0.2, 0) is 21.2 Å². The third-order valence-electron chi connectivity index (χ3n) is 3.93. The molecular weight excluding hydrogens is 312 g/mol. The molecule has 6 heteroatoms. The number of anilines is 2. The Balaban J connectivity index is 1.98. The fraction of sp³-hybridized carbons (Fsp3) is 0.235. The molecule has 1 aliphatic rings. The van der Waals surface area contributed by atoms with Gasteiger partial charge in [-0.15, -0.1) is 0 Å². The summed E-state index contributed by atoms with van der Waals surface area (Å²) in [6, 6.07) is 8.57. The van der Waals surface area contributed by atoms with E-state index in [1.165, 1.54) is 6.07 Å². The molecule has 1 aliphatic heterocycles. The third kappa shape index (κ3) is 2.94. The zero-order valence-electron chi connectivity index (χ0n) is 13.2. The third-order valence-corrected chi connectivity index (χ3v) is 5.27. The molecule has 0 bridgehead atoms. The van der Waals surface area contributed by atoms with Crippen LogP contribution in [0.15, 0.2) is 35.2 Å². The second-order valence-electron chi connectivity index (χ2n) is 5.92. The fourth-order valence-electron chi connectivity index (χ4n) is 2.91. The quantitative estimate of drug-likeness (QED) is 0.908. The molecular formula is C17H18N2O3S. The monoisotopic (exact) mass is 330 g/mol. The first-order valence-electron chi connectivity index (χ1n) is 7.30. The molecule has 2 N–H and O–H groups in total. The largest absolute Gasteiger partial charge is 0.326 e. The molecule has 1 heterocycles. The number of sulfonamides is 1. The molecule has 5 nitrogen and oxygen atoms in total. The Morgan fingerprint density at radius 3 is 2.35 bits per heavy atom. The van der Waals surface area contributed by atoms with Gasteiger partial charge in [0.25, 0.3) is 10.0 Å². The number of hydrogen-bond acceptors (Lipinski definition) is 3. The number of benzene rings is 2. The Hall–Kier alpha value is -2.34. The SMILES string of the molecule is Cc1cc(C)c(NS(=O)(=O)c2ccc3c(c2)CC(=O)N3)c(C)c1. The van der Waals surface area contributed by atoms with E-state index in [2.05, 4.69) is 10.0 Å². The van der Waals surface area contributed by atoms with E-state index in [1.54, 1.807) is 12.1 Å². The van der Waals surface area contributed by atoms with Crippen LogP contribution in [0.3, 0.4) is 0 Å². The predicted octanol–water partition coefficient (Wildman–Crippen LogP) is 2.91. The van der Waals surface area contributed by atoms with Gasteiger partial charge in [0, 0.05) is 5.69 Å². The number of hydrogen-bond donors (Lipinski definition) is 2. The van der Waals surface area contributed by atoms with E-state index >= 15 is 0 Å². The summed E-state index contributed by atoms with van der Waals surface area (Å²) >= 11 is 0. The molecule has 0 saturated carbocycles. The minimum atomic E-state index is -3.70. The van der Waals surface area contributed by atoms with Crippen molar-refractivity contribution in [3.8, 4) is 0 Å². The molecule has 0 saturated heterocycles. The molecule has 0 spiro atoms. The summed E-state index contributed by atoms with van der Waals surface area (Å²) in [6.07, 6.45) is 0.210. The van der Waals surface area contributed by atoms with Gasteiger partial charge < -0.3 is 5.32 Å². The van der Waals surface area contributed by atoms with Crippen molar-refractivity contribution in [1.82, 2.24) is 0 Å². The lowest BCUT2D eigenvalue weighted by molar-refractivity contribution is -0.115. The first-order valence-corrected chi connectivity index (χ1v) is 8.78. The molecule has 0 aliphatic carbocycles. The van der Waals surface area contributed by atoms with Gasteiger partial charge in [0.2, 0.25) is 5.91 Å². The van der Waals surface area contributed by atoms with Crippen molar-refractivity contribution in [2.24, 2.45) is 0 Å². The summed E-state index contributed by atoms with van der Waals surface area (Å²) in [5, 5.41) is 2.70. The van der Waals surface area contributed by atoms with Crippen molar-refractivity contribution >= 4 is 27.3 Å². The molecule has 3 rings (SSSR count). The van der Waals surface area contributed by atoms with Crippen LogP contribution < -0.4 is 10.0 Å². The van der Waals surface area contributed by atoms with Crippen LogP contribution in [0.4, 0.5) is 11.4 Å². The number of carbonyl (C=O) groups is 1. The number of aryl methyl sites for hydroxylation is 3. The van der Waals surface area contributed by atoms with E-state index in [0.29, 0.717) is 16.9 Å². The van der Waals surface area contributed by atoms with Crippen molar-refractivity contribution < 1.29 is 13.2 Å². The molecule has 2 aromatic carbocycles. The van der Waals surface area contributed by atoms with E-state index < -0.39 is 10.0 Å². The Morgan fingerprint density at radius 2 is 1.70 bits per heavy atom. The second kappa shape index (κ2) is 5.38. The van der Waals surface area contributed by atoms with E-state index in [9.17, 15) is 13.2 Å². The van der Waals surface area contributed by atoms with Crippen LogP contribution >= 0.6 is 0 Å². The maximum Gasteiger partial charge on any atom is 0.261 e. The van der Waals surface area contributed by atoms with Crippen molar-refractivity contribution in [2.45, 2.75) is 32.1 Å².